The Hall–Kier alpha value is -2.25. The first kappa shape index (κ1) is 20.8. The summed E-state index contributed by atoms with van der Waals surface area (Å²) >= 11 is 0. The maximum absolute atomic E-state index is 12.2. The van der Waals surface area contributed by atoms with Crippen molar-refractivity contribution < 1.29 is 18.0 Å². The molecular formula is C17H25F3N4O. The van der Waals surface area contributed by atoms with Crippen molar-refractivity contribution in [2.45, 2.75) is 45.5 Å². The van der Waals surface area contributed by atoms with Crippen LogP contribution < -0.4 is 16.0 Å². The van der Waals surface area contributed by atoms with E-state index in [0.29, 0.717) is 12.1 Å². The largest absolute Gasteiger partial charge is 0.390 e. The molecular weight excluding hydrogens is 333 g/mol. The lowest BCUT2D eigenvalue weighted by Gasteiger charge is -2.14. The van der Waals surface area contributed by atoms with Crippen LogP contribution in [0.1, 0.15) is 42.6 Å². The van der Waals surface area contributed by atoms with Gasteiger partial charge in [0.2, 0.25) is 0 Å². The average molecular weight is 358 g/mol. The molecule has 0 aliphatic heterocycles. The second kappa shape index (κ2) is 9.90. The Kier molecular flexibility index (Phi) is 8.24. The molecule has 1 aromatic rings. The van der Waals surface area contributed by atoms with Gasteiger partial charge in [0.05, 0.1) is 6.42 Å². The normalized spacial score (nSPS) is 13.3. The van der Waals surface area contributed by atoms with E-state index in [0.717, 1.165) is 12.0 Å². The highest BCUT2D eigenvalue weighted by Gasteiger charge is 2.26. The third-order valence-corrected chi connectivity index (χ3v) is 3.56. The van der Waals surface area contributed by atoms with Crippen LogP contribution in [0.3, 0.4) is 0 Å². The lowest BCUT2D eigenvalue weighted by Crippen LogP contribution is -2.38. The molecule has 1 amide bonds. The van der Waals surface area contributed by atoms with Crippen LogP contribution in [-0.4, -0.2) is 37.7 Å². The smallest absolute Gasteiger partial charge is 0.356 e. The SMILES string of the molecule is CCC(C)NC(=O)c1cccc(CNC(=NC)NCCC(F)(F)F)c1. The number of guanidine groups is 1. The first-order valence-electron chi connectivity index (χ1n) is 8.16. The number of halogens is 3. The number of rotatable bonds is 7. The van der Waals surface area contributed by atoms with Gasteiger partial charge in [0, 0.05) is 31.7 Å². The van der Waals surface area contributed by atoms with Gasteiger partial charge in [-0.2, -0.15) is 13.2 Å². The molecule has 5 nitrogen and oxygen atoms in total. The van der Waals surface area contributed by atoms with Gasteiger partial charge in [-0.15, -0.1) is 0 Å². The number of carbonyl (C=O) groups is 1. The van der Waals surface area contributed by atoms with Crippen LogP contribution in [-0.2, 0) is 6.54 Å². The van der Waals surface area contributed by atoms with Gasteiger partial charge in [-0.1, -0.05) is 19.1 Å². The number of benzene rings is 1. The van der Waals surface area contributed by atoms with E-state index in [-0.39, 0.29) is 24.5 Å². The fourth-order valence-corrected chi connectivity index (χ4v) is 1.96. The van der Waals surface area contributed by atoms with Gasteiger partial charge < -0.3 is 16.0 Å². The molecule has 25 heavy (non-hydrogen) atoms. The third kappa shape index (κ3) is 8.42. The van der Waals surface area contributed by atoms with Gasteiger partial charge in [-0.05, 0) is 31.0 Å². The van der Waals surface area contributed by atoms with Gasteiger partial charge in [0.1, 0.15) is 0 Å². The van der Waals surface area contributed by atoms with Crippen LogP contribution >= 0.6 is 0 Å². The second-order valence-electron chi connectivity index (χ2n) is 5.70. The number of aliphatic imine (C=N–C) groups is 1. The predicted octanol–water partition coefficient (Wildman–Crippen LogP) is 2.83. The van der Waals surface area contributed by atoms with E-state index < -0.39 is 12.6 Å². The second-order valence-corrected chi connectivity index (χ2v) is 5.70. The lowest BCUT2D eigenvalue weighted by molar-refractivity contribution is -0.132. The molecule has 0 spiro atoms. The standard InChI is InChI=1S/C17H25F3N4O/c1-4-12(2)24-15(25)14-7-5-6-13(10-14)11-23-16(21-3)22-9-8-17(18,19)20/h5-7,10,12H,4,8-9,11H2,1-3H3,(H,24,25)(H2,21,22,23). The molecule has 0 heterocycles. The molecule has 3 N–H and O–H groups in total. The topological polar surface area (TPSA) is 65.5 Å². The molecule has 0 aliphatic carbocycles. The summed E-state index contributed by atoms with van der Waals surface area (Å²) in [6, 6.07) is 7.15. The highest BCUT2D eigenvalue weighted by molar-refractivity contribution is 5.94. The highest BCUT2D eigenvalue weighted by atomic mass is 19.4. The zero-order valence-corrected chi connectivity index (χ0v) is 14.7. The van der Waals surface area contributed by atoms with Gasteiger partial charge >= 0.3 is 6.18 Å². The summed E-state index contributed by atoms with van der Waals surface area (Å²) < 4.78 is 36.5. The summed E-state index contributed by atoms with van der Waals surface area (Å²) in [5, 5.41) is 8.43. The quantitative estimate of drug-likeness (QED) is 0.519. The van der Waals surface area contributed by atoms with Crippen molar-refractivity contribution in [1.82, 2.24) is 16.0 Å². The number of amides is 1. The molecule has 0 aromatic heterocycles. The van der Waals surface area contributed by atoms with Crippen LogP contribution in [0.5, 0.6) is 0 Å². The summed E-state index contributed by atoms with van der Waals surface area (Å²) in [7, 11) is 1.49. The summed E-state index contributed by atoms with van der Waals surface area (Å²) in [6.07, 6.45) is -4.30. The Morgan fingerprint density at radius 1 is 1.28 bits per heavy atom. The predicted molar refractivity (Wildman–Crippen MR) is 92.5 cm³/mol. The minimum Gasteiger partial charge on any atom is -0.356 e. The molecule has 8 heteroatoms. The van der Waals surface area contributed by atoms with Crippen LogP contribution in [0, 0.1) is 0 Å². The molecule has 0 bridgehead atoms. The number of carbonyl (C=O) groups excluding carboxylic acids is 1. The molecule has 1 rings (SSSR count). The molecule has 1 unspecified atom stereocenters. The molecule has 1 atom stereocenters. The van der Waals surface area contributed by atoms with Gasteiger partial charge in [-0.3, -0.25) is 9.79 Å². The molecule has 0 saturated heterocycles. The van der Waals surface area contributed by atoms with E-state index in [9.17, 15) is 18.0 Å². The zero-order valence-electron chi connectivity index (χ0n) is 14.7. The van der Waals surface area contributed by atoms with Crippen LogP contribution in [0.25, 0.3) is 0 Å². The number of hydrogen-bond donors (Lipinski definition) is 3. The van der Waals surface area contributed by atoms with Gasteiger partial charge in [0.25, 0.3) is 5.91 Å². The van der Waals surface area contributed by atoms with Crippen molar-refractivity contribution in [3.63, 3.8) is 0 Å². The minimum atomic E-state index is -4.21. The molecule has 0 fully saturated rings. The van der Waals surface area contributed by atoms with E-state index in [1.54, 1.807) is 18.2 Å². The van der Waals surface area contributed by atoms with Crippen LogP contribution in [0.4, 0.5) is 13.2 Å². The number of alkyl halides is 3. The average Bonchev–Trinajstić information content (AvgIpc) is 2.56. The molecule has 1 aromatic carbocycles. The lowest BCUT2D eigenvalue weighted by atomic mass is 10.1. The van der Waals surface area contributed by atoms with E-state index in [1.165, 1.54) is 7.05 Å². The van der Waals surface area contributed by atoms with Crippen molar-refractivity contribution in [3.05, 3.63) is 35.4 Å². The Morgan fingerprint density at radius 3 is 2.60 bits per heavy atom. The Morgan fingerprint density at radius 2 is 2.00 bits per heavy atom. The zero-order chi connectivity index (χ0) is 18.9. The van der Waals surface area contributed by atoms with Crippen LogP contribution in [0.15, 0.2) is 29.3 Å². The van der Waals surface area contributed by atoms with E-state index >= 15 is 0 Å². The Labute approximate surface area is 146 Å². The summed E-state index contributed by atoms with van der Waals surface area (Å²) in [5.41, 5.74) is 1.37. The van der Waals surface area contributed by atoms with Crippen molar-refractivity contribution in [1.29, 1.82) is 0 Å². The third-order valence-electron chi connectivity index (χ3n) is 3.56. The molecule has 0 aliphatic rings. The van der Waals surface area contributed by atoms with E-state index in [1.807, 2.05) is 19.9 Å². The molecule has 0 saturated carbocycles. The maximum Gasteiger partial charge on any atom is 0.390 e. The highest BCUT2D eigenvalue weighted by Crippen LogP contribution is 2.18. The summed E-state index contributed by atoms with van der Waals surface area (Å²) in [5.74, 6) is 0.127. The first-order chi connectivity index (χ1) is 11.7. The van der Waals surface area contributed by atoms with E-state index in [2.05, 4.69) is 20.9 Å². The summed E-state index contributed by atoms with van der Waals surface area (Å²) in [4.78, 5) is 16.0. The van der Waals surface area contributed by atoms with Crippen molar-refractivity contribution in [3.8, 4) is 0 Å². The van der Waals surface area contributed by atoms with E-state index in [4.69, 9.17) is 0 Å². The molecule has 140 valence electrons. The van der Waals surface area contributed by atoms with Crippen LogP contribution in [0.2, 0.25) is 0 Å². The Balaban J connectivity index is 2.56. The minimum absolute atomic E-state index is 0.0888. The summed E-state index contributed by atoms with van der Waals surface area (Å²) in [6.45, 7) is 4.01. The van der Waals surface area contributed by atoms with Crippen molar-refractivity contribution in [2.75, 3.05) is 13.6 Å². The van der Waals surface area contributed by atoms with Crippen molar-refractivity contribution in [2.24, 2.45) is 4.99 Å². The van der Waals surface area contributed by atoms with Gasteiger partial charge in [-0.25, -0.2) is 0 Å². The monoisotopic (exact) mass is 358 g/mol. The fourth-order valence-electron chi connectivity index (χ4n) is 1.96. The van der Waals surface area contributed by atoms with Crippen molar-refractivity contribution >= 4 is 11.9 Å². The number of nitrogens with zero attached hydrogens (tertiary/aromatic N) is 1. The van der Waals surface area contributed by atoms with Gasteiger partial charge in [0.15, 0.2) is 5.96 Å². The fraction of sp³-hybridized carbons (Fsp3) is 0.529. The first-order valence-corrected chi connectivity index (χ1v) is 8.16. The number of nitrogens with one attached hydrogen (secondary N) is 3. The maximum atomic E-state index is 12.2. The molecule has 0 radical (unpaired) electrons. The Bertz CT molecular complexity index is 588. The number of hydrogen-bond acceptors (Lipinski definition) is 2.